The molecule has 0 atom stereocenters. The molecule has 0 bridgehead atoms. The van der Waals surface area contributed by atoms with Crippen LogP contribution in [0.4, 0.5) is 29.3 Å². The third kappa shape index (κ3) is 5.03. The Morgan fingerprint density at radius 3 is 2.37 bits per heavy atom. The van der Waals surface area contributed by atoms with E-state index in [1.807, 2.05) is 29.2 Å². The fourth-order valence-corrected chi connectivity index (χ4v) is 5.49. The van der Waals surface area contributed by atoms with Gasteiger partial charge in [0.25, 0.3) is 11.1 Å². The van der Waals surface area contributed by atoms with Crippen LogP contribution < -0.4 is 15.0 Å². The first-order valence-electron chi connectivity index (χ1n) is 10.5. The van der Waals surface area contributed by atoms with Gasteiger partial charge in [0.2, 0.25) is 0 Å². The van der Waals surface area contributed by atoms with E-state index in [1.54, 1.807) is 30.3 Å². The summed E-state index contributed by atoms with van der Waals surface area (Å²) in [7, 11) is 0. The predicted molar refractivity (Wildman–Crippen MR) is 130 cm³/mol. The van der Waals surface area contributed by atoms with E-state index in [4.69, 9.17) is 4.74 Å². The van der Waals surface area contributed by atoms with Crippen LogP contribution in [0.2, 0.25) is 0 Å². The molecule has 2 amide bonds. The van der Waals surface area contributed by atoms with Gasteiger partial charge in [0.05, 0.1) is 28.4 Å². The van der Waals surface area contributed by atoms with Gasteiger partial charge in [0, 0.05) is 9.79 Å². The number of alkyl halides is 3. The van der Waals surface area contributed by atoms with Crippen molar-refractivity contribution in [1.29, 1.82) is 0 Å². The molecule has 5 rings (SSSR count). The Balaban J connectivity index is 1.31. The highest BCUT2D eigenvalue weighted by Crippen LogP contribution is 2.49. The molecule has 3 aromatic rings. The average Bonchev–Trinajstić information content (AvgIpc) is 3.15. The minimum absolute atomic E-state index is 0.238. The summed E-state index contributed by atoms with van der Waals surface area (Å²) >= 11 is 2.29. The number of thioether (sulfide) groups is 1. The van der Waals surface area contributed by atoms with Crippen LogP contribution in [0.3, 0.4) is 0 Å². The number of hydrogen-bond acceptors (Lipinski definition) is 6. The Labute approximate surface area is 207 Å². The lowest BCUT2D eigenvalue weighted by Crippen LogP contribution is -2.26. The summed E-state index contributed by atoms with van der Waals surface area (Å²) in [6.45, 7) is 0.582. The number of para-hydroxylation sites is 1. The zero-order valence-electron chi connectivity index (χ0n) is 18.0. The molecule has 178 valence electrons. The van der Waals surface area contributed by atoms with Gasteiger partial charge in [-0.25, -0.2) is 0 Å². The van der Waals surface area contributed by atoms with E-state index in [0.29, 0.717) is 22.9 Å². The minimum atomic E-state index is -4.43. The monoisotopic (exact) mass is 514 g/mol. The van der Waals surface area contributed by atoms with E-state index in [1.165, 1.54) is 23.9 Å². The van der Waals surface area contributed by atoms with Gasteiger partial charge in [-0.05, 0) is 65.9 Å². The maximum atomic E-state index is 13.4. The first kappa shape index (κ1) is 23.4. The van der Waals surface area contributed by atoms with Crippen LogP contribution in [0.25, 0.3) is 6.08 Å². The maximum Gasteiger partial charge on any atom is 0.416 e. The molecule has 0 unspecified atom stereocenters. The molecular formula is C25H17F3N2O3S2. The van der Waals surface area contributed by atoms with Crippen molar-refractivity contribution in [3.05, 3.63) is 82.8 Å². The Kier molecular flexibility index (Phi) is 6.24. The molecule has 10 heteroatoms. The Bertz CT molecular complexity index is 1340. The van der Waals surface area contributed by atoms with Crippen LogP contribution in [0.1, 0.15) is 11.1 Å². The first-order chi connectivity index (χ1) is 16.8. The van der Waals surface area contributed by atoms with Gasteiger partial charge in [0.1, 0.15) is 12.4 Å². The van der Waals surface area contributed by atoms with Crippen LogP contribution in [0.5, 0.6) is 5.75 Å². The zero-order valence-corrected chi connectivity index (χ0v) is 19.6. The molecule has 1 saturated heterocycles. The second kappa shape index (κ2) is 9.35. The smallest absolute Gasteiger partial charge is 0.416 e. The Morgan fingerprint density at radius 1 is 0.914 bits per heavy atom. The number of anilines is 2. The molecule has 2 aliphatic rings. The van der Waals surface area contributed by atoms with Gasteiger partial charge in [-0.1, -0.05) is 36.0 Å². The van der Waals surface area contributed by atoms with E-state index >= 15 is 0 Å². The molecule has 0 aliphatic carbocycles. The molecule has 2 aliphatic heterocycles. The van der Waals surface area contributed by atoms with E-state index in [-0.39, 0.29) is 6.61 Å². The van der Waals surface area contributed by atoms with Crippen molar-refractivity contribution in [2.45, 2.75) is 16.0 Å². The standard InChI is InChI=1S/C25H17F3N2O3S2/c26-25(27,28)16-7-10-21-19(14-16)30(18-3-1-2-4-20(18)34-21)11-12-33-17-8-5-15(6-9-17)13-22-23(31)29-24(32)35-22/h1-10,13-14H,11-12H2,(H,29,31,32)/b22-13+. The number of carbonyl (C=O) groups is 2. The summed E-state index contributed by atoms with van der Waals surface area (Å²) in [4.78, 5) is 26.9. The number of halogens is 3. The highest BCUT2D eigenvalue weighted by Gasteiger charge is 2.33. The van der Waals surface area contributed by atoms with Crippen LogP contribution >= 0.6 is 23.5 Å². The lowest BCUT2D eigenvalue weighted by atomic mass is 10.1. The van der Waals surface area contributed by atoms with Crippen LogP contribution in [-0.4, -0.2) is 24.3 Å². The predicted octanol–water partition coefficient (Wildman–Crippen LogP) is 6.71. The molecule has 3 aromatic carbocycles. The highest BCUT2D eigenvalue weighted by atomic mass is 32.2. The molecule has 2 heterocycles. The minimum Gasteiger partial charge on any atom is -0.492 e. The van der Waals surface area contributed by atoms with E-state index in [9.17, 15) is 22.8 Å². The topological polar surface area (TPSA) is 58.6 Å². The number of imide groups is 1. The van der Waals surface area contributed by atoms with Crippen molar-refractivity contribution < 1.29 is 27.5 Å². The van der Waals surface area contributed by atoms with Gasteiger partial charge < -0.3 is 9.64 Å². The van der Waals surface area contributed by atoms with Gasteiger partial charge in [-0.3, -0.25) is 14.9 Å². The second-order valence-corrected chi connectivity index (χ2v) is 9.77. The fourth-order valence-electron chi connectivity index (χ4n) is 3.73. The zero-order chi connectivity index (χ0) is 24.6. The summed E-state index contributed by atoms with van der Waals surface area (Å²) in [5, 5.41) is 1.81. The van der Waals surface area contributed by atoms with E-state index in [0.717, 1.165) is 38.9 Å². The van der Waals surface area contributed by atoms with Gasteiger partial charge >= 0.3 is 6.18 Å². The fraction of sp³-hybridized carbons (Fsp3) is 0.120. The molecule has 0 radical (unpaired) electrons. The third-order valence-corrected chi connectivity index (χ3v) is 7.30. The molecule has 35 heavy (non-hydrogen) atoms. The molecule has 1 N–H and O–H groups in total. The van der Waals surface area contributed by atoms with Crippen molar-refractivity contribution in [1.82, 2.24) is 5.32 Å². The van der Waals surface area contributed by atoms with Gasteiger partial charge in [-0.15, -0.1) is 0 Å². The Morgan fingerprint density at radius 2 is 1.66 bits per heavy atom. The summed E-state index contributed by atoms with van der Waals surface area (Å²) in [6, 6.07) is 18.4. The number of benzene rings is 3. The van der Waals surface area contributed by atoms with E-state index in [2.05, 4.69) is 5.32 Å². The molecule has 0 aromatic heterocycles. The number of rotatable bonds is 5. The SMILES string of the molecule is O=C1NC(=O)/C(=C\c2ccc(OCCN3c4ccccc4Sc4ccc(C(F)(F)F)cc43)cc2)S1. The molecule has 0 spiro atoms. The van der Waals surface area contributed by atoms with Crippen molar-refractivity contribution in [3.63, 3.8) is 0 Å². The number of carbonyl (C=O) groups excluding carboxylic acids is 2. The van der Waals surface area contributed by atoms with Crippen molar-refractivity contribution >= 4 is 52.1 Å². The second-order valence-electron chi connectivity index (χ2n) is 7.67. The van der Waals surface area contributed by atoms with Gasteiger partial charge in [0.15, 0.2) is 0 Å². The summed E-state index contributed by atoms with van der Waals surface area (Å²) in [5.41, 5.74) is 1.37. The first-order valence-corrected chi connectivity index (χ1v) is 12.1. The molecular weight excluding hydrogens is 497 g/mol. The highest BCUT2D eigenvalue weighted by molar-refractivity contribution is 8.18. The third-order valence-electron chi connectivity index (χ3n) is 5.36. The van der Waals surface area contributed by atoms with Crippen LogP contribution in [0, 0.1) is 0 Å². The van der Waals surface area contributed by atoms with Crippen LogP contribution in [0.15, 0.2) is 81.4 Å². The lowest BCUT2D eigenvalue weighted by molar-refractivity contribution is -0.137. The average molecular weight is 515 g/mol. The molecule has 1 fully saturated rings. The number of fused-ring (bicyclic) bond motifs is 2. The number of ether oxygens (including phenoxy) is 1. The normalized spacial score (nSPS) is 16.2. The van der Waals surface area contributed by atoms with E-state index < -0.39 is 22.9 Å². The molecule has 5 nitrogen and oxygen atoms in total. The largest absolute Gasteiger partial charge is 0.492 e. The number of nitrogens with one attached hydrogen (secondary N) is 1. The molecule has 0 saturated carbocycles. The maximum absolute atomic E-state index is 13.4. The summed E-state index contributed by atoms with van der Waals surface area (Å²) < 4.78 is 46.0. The number of nitrogens with zero attached hydrogens (tertiary/aromatic N) is 1. The lowest BCUT2D eigenvalue weighted by Gasteiger charge is -2.33. The van der Waals surface area contributed by atoms with Crippen molar-refractivity contribution in [2.24, 2.45) is 0 Å². The summed E-state index contributed by atoms with van der Waals surface area (Å²) in [5.74, 6) is 0.157. The summed E-state index contributed by atoms with van der Waals surface area (Å²) in [6.07, 6.45) is -2.81. The number of hydrogen-bond donors (Lipinski definition) is 1. The van der Waals surface area contributed by atoms with Crippen molar-refractivity contribution in [2.75, 3.05) is 18.1 Å². The van der Waals surface area contributed by atoms with Crippen LogP contribution in [-0.2, 0) is 11.0 Å². The van der Waals surface area contributed by atoms with Gasteiger partial charge in [-0.2, -0.15) is 13.2 Å². The number of amides is 2. The Hall–Kier alpha value is -3.37. The quantitative estimate of drug-likeness (QED) is 0.382. The van der Waals surface area contributed by atoms with Crippen molar-refractivity contribution in [3.8, 4) is 5.75 Å².